The van der Waals surface area contributed by atoms with Crippen LogP contribution in [0, 0.1) is 6.92 Å². The number of carbonyl (C=O) groups is 1. The van der Waals surface area contributed by atoms with Crippen molar-refractivity contribution in [1.29, 1.82) is 0 Å². The minimum atomic E-state index is -0.224. The van der Waals surface area contributed by atoms with Gasteiger partial charge in [-0.3, -0.25) is 9.36 Å². The van der Waals surface area contributed by atoms with Gasteiger partial charge in [0.05, 0.1) is 5.25 Å². The van der Waals surface area contributed by atoms with Crippen LogP contribution < -0.4 is 5.32 Å². The maximum absolute atomic E-state index is 12.4. The molecule has 5 nitrogen and oxygen atoms in total. The second-order valence-electron chi connectivity index (χ2n) is 7.28. The van der Waals surface area contributed by atoms with Crippen LogP contribution >= 0.6 is 11.8 Å². The highest BCUT2D eigenvalue weighted by molar-refractivity contribution is 8.00. The molecule has 144 valence electrons. The lowest BCUT2D eigenvalue weighted by molar-refractivity contribution is -0.120. The third kappa shape index (κ3) is 4.44. The summed E-state index contributed by atoms with van der Waals surface area (Å²) >= 11 is 1.46. The summed E-state index contributed by atoms with van der Waals surface area (Å²) in [6, 6.07) is 18.9. The van der Waals surface area contributed by atoms with Gasteiger partial charge in [0.15, 0.2) is 5.16 Å². The molecule has 1 N–H and O–H groups in total. The van der Waals surface area contributed by atoms with E-state index < -0.39 is 0 Å². The molecular weight excluding hydrogens is 368 g/mol. The number of hydrogen-bond acceptors (Lipinski definition) is 4. The maximum atomic E-state index is 12.4. The van der Waals surface area contributed by atoms with Crippen molar-refractivity contribution in [2.45, 2.75) is 49.6 Å². The zero-order valence-electron chi connectivity index (χ0n) is 16.1. The number of rotatable bonds is 7. The number of thioether (sulfide) groups is 1. The fourth-order valence-corrected chi connectivity index (χ4v) is 3.95. The first-order valence-corrected chi connectivity index (χ1v) is 10.5. The number of nitrogens with zero attached hydrogens (tertiary/aromatic N) is 3. The largest absolute Gasteiger partial charge is 0.352 e. The van der Waals surface area contributed by atoms with Gasteiger partial charge in [0.1, 0.15) is 5.82 Å². The van der Waals surface area contributed by atoms with Crippen LogP contribution in [0.15, 0.2) is 59.8 Å². The summed E-state index contributed by atoms with van der Waals surface area (Å²) in [5.74, 6) is 0.935. The van der Waals surface area contributed by atoms with E-state index in [1.807, 2.05) is 31.2 Å². The summed E-state index contributed by atoms with van der Waals surface area (Å²) in [6.07, 6.45) is 2.86. The van der Waals surface area contributed by atoms with Gasteiger partial charge in [-0.2, -0.15) is 0 Å². The predicted octanol–water partition coefficient (Wildman–Crippen LogP) is 3.93. The fourth-order valence-electron chi connectivity index (χ4n) is 3.05. The van der Waals surface area contributed by atoms with E-state index >= 15 is 0 Å². The van der Waals surface area contributed by atoms with Gasteiger partial charge in [0.25, 0.3) is 0 Å². The Labute approximate surface area is 169 Å². The highest BCUT2D eigenvalue weighted by atomic mass is 32.2. The molecule has 0 saturated heterocycles. The van der Waals surface area contributed by atoms with E-state index in [1.165, 1.54) is 22.9 Å². The van der Waals surface area contributed by atoms with E-state index in [9.17, 15) is 4.79 Å². The van der Waals surface area contributed by atoms with Crippen LogP contribution in [0.5, 0.6) is 0 Å². The van der Waals surface area contributed by atoms with Crippen LogP contribution in [0.2, 0.25) is 0 Å². The number of hydrogen-bond donors (Lipinski definition) is 1. The molecule has 0 spiro atoms. The maximum Gasteiger partial charge on any atom is 0.233 e. The lowest BCUT2D eigenvalue weighted by Crippen LogP contribution is -2.32. The van der Waals surface area contributed by atoms with Gasteiger partial charge in [-0.15, -0.1) is 10.2 Å². The number of aromatic nitrogens is 3. The van der Waals surface area contributed by atoms with Crippen molar-refractivity contribution in [3.8, 4) is 5.69 Å². The Morgan fingerprint density at radius 3 is 2.68 bits per heavy atom. The van der Waals surface area contributed by atoms with Crippen LogP contribution in [0.25, 0.3) is 5.69 Å². The number of amides is 1. The summed E-state index contributed by atoms with van der Waals surface area (Å²) in [5.41, 5.74) is 3.38. The van der Waals surface area contributed by atoms with Crippen LogP contribution in [-0.4, -0.2) is 32.0 Å². The van der Waals surface area contributed by atoms with E-state index in [0.29, 0.717) is 12.5 Å². The van der Waals surface area contributed by atoms with Crippen molar-refractivity contribution < 1.29 is 4.79 Å². The Kier molecular flexibility index (Phi) is 5.48. The normalized spacial score (nSPS) is 14.6. The number of carbonyl (C=O) groups excluding carboxylic acids is 1. The smallest absolute Gasteiger partial charge is 0.233 e. The monoisotopic (exact) mass is 392 g/mol. The van der Waals surface area contributed by atoms with Crippen molar-refractivity contribution in [3.63, 3.8) is 0 Å². The minimum absolute atomic E-state index is 0.0656. The highest BCUT2D eigenvalue weighted by Gasteiger charge is 2.27. The molecule has 1 aliphatic rings. The molecule has 0 bridgehead atoms. The average molecular weight is 393 g/mol. The molecule has 2 aromatic carbocycles. The topological polar surface area (TPSA) is 59.8 Å². The average Bonchev–Trinajstić information content (AvgIpc) is 3.42. The van der Waals surface area contributed by atoms with E-state index in [1.54, 1.807) is 0 Å². The summed E-state index contributed by atoms with van der Waals surface area (Å²) in [7, 11) is 0. The summed E-state index contributed by atoms with van der Waals surface area (Å²) < 4.78 is 2.07. The van der Waals surface area contributed by atoms with Crippen molar-refractivity contribution in [2.24, 2.45) is 0 Å². The van der Waals surface area contributed by atoms with E-state index in [4.69, 9.17) is 0 Å². The number of benzene rings is 2. The molecule has 6 heteroatoms. The molecule has 0 aliphatic heterocycles. The van der Waals surface area contributed by atoms with Gasteiger partial charge in [0, 0.05) is 18.2 Å². The van der Waals surface area contributed by atoms with Gasteiger partial charge in [-0.1, -0.05) is 54.2 Å². The zero-order chi connectivity index (χ0) is 19.5. The molecule has 1 aromatic heterocycles. The molecule has 0 unspecified atom stereocenters. The first-order valence-electron chi connectivity index (χ1n) is 9.62. The Bertz CT molecular complexity index is 966. The Balaban J connectivity index is 1.64. The first kappa shape index (κ1) is 18.7. The second kappa shape index (κ2) is 8.19. The van der Waals surface area contributed by atoms with Gasteiger partial charge in [-0.25, -0.2) is 0 Å². The standard InChI is InChI=1S/C22H24N4OS/c1-15-7-6-10-19(13-15)26-20(14-17-8-4-3-5-9-17)24-25-22(26)28-16(2)21(27)23-18-11-12-18/h3-10,13,16,18H,11-12,14H2,1-2H3,(H,23,27)/t16-/m1/s1. The molecule has 1 atom stereocenters. The first-order chi connectivity index (χ1) is 13.6. The summed E-state index contributed by atoms with van der Waals surface area (Å²) in [5, 5.41) is 12.5. The van der Waals surface area contributed by atoms with Crippen LogP contribution in [0.3, 0.4) is 0 Å². The molecule has 4 rings (SSSR count). The van der Waals surface area contributed by atoms with Crippen molar-refractivity contribution in [2.75, 3.05) is 0 Å². The molecule has 1 aliphatic carbocycles. The zero-order valence-corrected chi connectivity index (χ0v) is 16.9. The van der Waals surface area contributed by atoms with Gasteiger partial charge in [0.2, 0.25) is 5.91 Å². The molecule has 1 amide bonds. The van der Waals surface area contributed by atoms with Crippen LogP contribution in [-0.2, 0) is 11.2 Å². The molecule has 0 radical (unpaired) electrons. The molecular formula is C22H24N4OS. The second-order valence-corrected chi connectivity index (χ2v) is 8.59. The van der Waals surface area contributed by atoms with Crippen LogP contribution in [0.4, 0.5) is 0 Å². The minimum Gasteiger partial charge on any atom is -0.352 e. The number of nitrogens with one attached hydrogen (secondary N) is 1. The Morgan fingerprint density at radius 2 is 1.96 bits per heavy atom. The lowest BCUT2D eigenvalue weighted by atomic mass is 10.1. The molecule has 1 heterocycles. The van der Waals surface area contributed by atoms with Gasteiger partial charge >= 0.3 is 0 Å². The highest BCUT2D eigenvalue weighted by Crippen LogP contribution is 2.28. The molecule has 3 aromatic rings. The fraction of sp³-hybridized carbons (Fsp3) is 0.318. The van der Waals surface area contributed by atoms with Crippen molar-refractivity contribution in [3.05, 3.63) is 71.5 Å². The molecule has 1 saturated carbocycles. The third-order valence-corrected chi connectivity index (χ3v) is 5.78. The summed E-state index contributed by atoms with van der Waals surface area (Å²) in [4.78, 5) is 12.4. The van der Waals surface area contributed by atoms with Crippen LogP contribution in [0.1, 0.15) is 36.7 Å². The third-order valence-electron chi connectivity index (χ3n) is 4.74. The van der Waals surface area contributed by atoms with Gasteiger partial charge in [-0.05, 0) is 49.9 Å². The van der Waals surface area contributed by atoms with E-state index in [-0.39, 0.29) is 11.2 Å². The van der Waals surface area contributed by atoms with Crippen molar-refractivity contribution in [1.82, 2.24) is 20.1 Å². The van der Waals surface area contributed by atoms with E-state index in [2.05, 4.69) is 57.3 Å². The lowest BCUT2D eigenvalue weighted by Gasteiger charge is -2.14. The predicted molar refractivity (Wildman–Crippen MR) is 112 cm³/mol. The van der Waals surface area contributed by atoms with Gasteiger partial charge < -0.3 is 5.32 Å². The quantitative estimate of drug-likeness (QED) is 0.619. The van der Waals surface area contributed by atoms with Crippen molar-refractivity contribution >= 4 is 17.7 Å². The SMILES string of the molecule is Cc1cccc(-n2c(Cc3ccccc3)nnc2S[C@H](C)C(=O)NC2CC2)c1. The number of aryl methyl sites for hydroxylation is 1. The summed E-state index contributed by atoms with van der Waals surface area (Å²) in [6.45, 7) is 4.00. The van der Waals surface area contributed by atoms with E-state index in [0.717, 1.165) is 29.5 Å². The Morgan fingerprint density at radius 1 is 1.18 bits per heavy atom. The molecule has 28 heavy (non-hydrogen) atoms. The molecule has 1 fully saturated rings. The Hall–Kier alpha value is -2.60.